The van der Waals surface area contributed by atoms with Crippen molar-refractivity contribution in [1.82, 2.24) is 15.1 Å². The van der Waals surface area contributed by atoms with Crippen LogP contribution in [0.2, 0.25) is 0 Å². The molecule has 1 heterocycles. The molecule has 0 bridgehead atoms. The van der Waals surface area contributed by atoms with Crippen LogP contribution in [0.4, 0.5) is 8.78 Å². The van der Waals surface area contributed by atoms with E-state index < -0.39 is 12.5 Å². The maximum Gasteiger partial charge on any atom is 0.254 e. The summed E-state index contributed by atoms with van der Waals surface area (Å²) >= 11 is 0. The van der Waals surface area contributed by atoms with Crippen LogP contribution in [0, 0.1) is 0 Å². The summed E-state index contributed by atoms with van der Waals surface area (Å²) < 4.78 is 26.9. The van der Waals surface area contributed by atoms with Crippen molar-refractivity contribution in [2.75, 3.05) is 6.54 Å². The lowest BCUT2D eigenvalue weighted by Gasteiger charge is -2.16. The van der Waals surface area contributed by atoms with Gasteiger partial charge in [-0.15, -0.1) is 0 Å². The molecule has 1 rings (SSSR count). The number of aryl methyl sites for hydroxylation is 1. The summed E-state index contributed by atoms with van der Waals surface area (Å²) in [7, 11) is 1.78. The molecule has 1 aromatic rings. The van der Waals surface area contributed by atoms with Gasteiger partial charge in [0.2, 0.25) is 0 Å². The molecule has 0 saturated heterocycles. The molecule has 0 fully saturated rings. The number of hydrogen-bond donors (Lipinski definition) is 1. The van der Waals surface area contributed by atoms with Crippen LogP contribution in [-0.4, -0.2) is 28.8 Å². The minimum Gasteiger partial charge on any atom is -0.309 e. The number of nitrogens with zero attached hydrogens (tertiary/aromatic N) is 2. The molecule has 15 heavy (non-hydrogen) atoms. The van der Waals surface area contributed by atoms with E-state index in [1.54, 1.807) is 24.1 Å². The fourth-order valence-electron chi connectivity index (χ4n) is 1.41. The molecule has 1 aromatic heterocycles. The Labute approximate surface area is 88.5 Å². The Morgan fingerprint density at radius 1 is 1.53 bits per heavy atom. The fourth-order valence-corrected chi connectivity index (χ4v) is 1.41. The summed E-state index contributed by atoms with van der Waals surface area (Å²) in [6, 6.07) is -0.769. The second kappa shape index (κ2) is 5.80. The van der Waals surface area contributed by atoms with Crippen LogP contribution in [0.15, 0.2) is 12.4 Å². The first kappa shape index (κ1) is 12.1. The minimum atomic E-state index is -2.34. The van der Waals surface area contributed by atoms with Gasteiger partial charge in [0.1, 0.15) is 0 Å². The van der Waals surface area contributed by atoms with Crippen molar-refractivity contribution in [3.63, 3.8) is 0 Å². The molecule has 1 N–H and O–H groups in total. The quantitative estimate of drug-likeness (QED) is 0.784. The van der Waals surface area contributed by atoms with Crippen molar-refractivity contribution in [1.29, 1.82) is 0 Å². The molecular weight excluding hydrogens is 200 g/mol. The normalized spacial score (nSPS) is 13.4. The summed E-state index contributed by atoms with van der Waals surface area (Å²) in [6.07, 6.45) is 2.24. The van der Waals surface area contributed by atoms with Gasteiger partial charge in [0, 0.05) is 13.2 Å². The van der Waals surface area contributed by atoms with Crippen LogP contribution in [-0.2, 0) is 13.5 Å². The van der Waals surface area contributed by atoms with Gasteiger partial charge in [-0.1, -0.05) is 6.92 Å². The highest BCUT2D eigenvalue weighted by atomic mass is 19.3. The number of halogens is 2. The molecule has 0 aliphatic rings. The number of hydrogen-bond acceptors (Lipinski definition) is 2. The van der Waals surface area contributed by atoms with Crippen molar-refractivity contribution >= 4 is 0 Å². The Morgan fingerprint density at radius 3 is 2.73 bits per heavy atom. The summed E-state index contributed by atoms with van der Waals surface area (Å²) in [5.74, 6) is 0. The highest BCUT2D eigenvalue weighted by Gasteiger charge is 2.20. The zero-order valence-electron chi connectivity index (χ0n) is 9.08. The van der Waals surface area contributed by atoms with Gasteiger partial charge in [-0.05, 0) is 24.9 Å². The zero-order valence-corrected chi connectivity index (χ0v) is 9.08. The van der Waals surface area contributed by atoms with Gasteiger partial charge in [-0.2, -0.15) is 5.10 Å². The topological polar surface area (TPSA) is 29.9 Å². The van der Waals surface area contributed by atoms with Gasteiger partial charge in [-0.3, -0.25) is 4.68 Å². The number of aromatic nitrogens is 2. The first-order chi connectivity index (χ1) is 7.13. The van der Waals surface area contributed by atoms with E-state index >= 15 is 0 Å². The highest BCUT2D eigenvalue weighted by molar-refractivity contribution is 5.06. The smallest absolute Gasteiger partial charge is 0.254 e. The Bertz CT molecular complexity index is 286. The Hall–Kier alpha value is -0.970. The van der Waals surface area contributed by atoms with Crippen molar-refractivity contribution in [3.8, 4) is 0 Å². The van der Waals surface area contributed by atoms with E-state index in [9.17, 15) is 8.78 Å². The van der Waals surface area contributed by atoms with Crippen molar-refractivity contribution in [2.45, 2.75) is 32.2 Å². The predicted octanol–water partition coefficient (Wildman–Crippen LogP) is 1.60. The number of alkyl halides is 2. The van der Waals surface area contributed by atoms with Gasteiger partial charge in [0.15, 0.2) is 0 Å². The molecular formula is C10H17F2N3. The van der Waals surface area contributed by atoms with Crippen molar-refractivity contribution in [2.24, 2.45) is 7.05 Å². The lowest BCUT2D eigenvalue weighted by Crippen LogP contribution is -2.37. The first-order valence-corrected chi connectivity index (χ1v) is 5.12. The summed E-state index contributed by atoms with van der Waals surface area (Å²) in [6.45, 7) is 2.58. The van der Waals surface area contributed by atoms with Crippen LogP contribution < -0.4 is 5.32 Å². The lowest BCUT2D eigenvalue weighted by atomic mass is 10.1. The van der Waals surface area contributed by atoms with Gasteiger partial charge >= 0.3 is 0 Å². The monoisotopic (exact) mass is 217 g/mol. The number of nitrogens with one attached hydrogen (secondary N) is 1. The average molecular weight is 217 g/mol. The Balaban J connectivity index is 2.50. The van der Waals surface area contributed by atoms with Gasteiger partial charge in [0.05, 0.1) is 12.2 Å². The molecule has 0 saturated carbocycles. The van der Waals surface area contributed by atoms with E-state index in [-0.39, 0.29) is 0 Å². The second-order valence-corrected chi connectivity index (χ2v) is 3.62. The van der Waals surface area contributed by atoms with E-state index in [1.165, 1.54) is 0 Å². The van der Waals surface area contributed by atoms with E-state index in [0.717, 1.165) is 12.0 Å². The Kier molecular flexibility index (Phi) is 4.68. The highest BCUT2D eigenvalue weighted by Crippen LogP contribution is 2.08. The summed E-state index contributed by atoms with van der Waals surface area (Å²) in [5.41, 5.74) is 0.839. The van der Waals surface area contributed by atoms with Crippen LogP contribution in [0.3, 0.4) is 0 Å². The van der Waals surface area contributed by atoms with Crippen molar-refractivity contribution < 1.29 is 8.78 Å². The summed E-state index contributed by atoms with van der Waals surface area (Å²) in [5, 5.41) is 6.79. The van der Waals surface area contributed by atoms with Crippen LogP contribution in [0.5, 0.6) is 0 Å². The standard InChI is InChI=1S/C10H17F2N3/c1-3-4-13-9(10(11)12)5-8-6-14-15(2)7-8/h6-7,9-10,13H,3-5H2,1-2H3. The van der Waals surface area contributed by atoms with Gasteiger partial charge in [-0.25, -0.2) is 8.78 Å². The van der Waals surface area contributed by atoms with E-state index in [1.807, 2.05) is 6.92 Å². The molecule has 0 amide bonds. The lowest BCUT2D eigenvalue weighted by molar-refractivity contribution is 0.0983. The fraction of sp³-hybridized carbons (Fsp3) is 0.700. The molecule has 0 aliphatic heterocycles. The molecule has 5 heteroatoms. The van der Waals surface area contributed by atoms with Crippen LogP contribution >= 0.6 is 0 Å². The molecule has 3 nitrogen and oxygen atoms in total. The third kappa shape index (κ3) is 3.95. The van der Waals surface area contributed by atoms with Gasteiger partial charge in [0.25, 0.3) is 6.43 Å². The zero-order chi connectivity index (χ0) is 11.3. The maximum absolute atomic E-state index is 12.6. The first-order valence-electron chi connectivity index (χ1n) is 5.12. The molecule has 86 valence electrons. The van der Waals surface area contributed by atoms with E-state index in [0.29, 0.717) is 13.0 Å². The van der Waals surface area contributed by atoms with E-state index in [2.05, 4.69) is 10.4 Å². The second-order valence-electron chi connectivity index (χ2n) is 3.62. The average Bonchev–Trinajstić information content (AvgIpc) is 2.58. The third-order valence-corrected chi connectivity index (χ3v) is 2.17. The molecule has 1 atom stereocenters. The van der Waals surface area contributed by atoms with Crippen LogP contribution in [0.25, 0.3) is 0 Å². The Morgan fingerprint density at radius 2 is 2.27 bits per heavy atom. The molecule has 0 radical (unpaired) electrons. The van der Waals surface area contributed by atoms with Gasteiger partial charge < -0.3 is 5.32 Å². The van der Waals surface area contributed by atoms with E-state index in [4.69, 9.17) is 0 Å². The largest absolute Gasteiger partial charge is 0.309 e. The molecule has 0 spiro atoms. The van der Waals surface area contributed by atoms with Crippen molar-refractivity contribution in [3.05, 3.63) is 18.0 Å². The molecule has 1 unspecified atom stereocenters. The predicted molar refractivity (Wildman–Crippen MR) is 55.0 cm³/mol. The minimum absolute atomic E-state index is 0.325. The third-order valence-electron chi connectivity index (χ3n) is 2.17. The molecule has 0 aromatic carbocycles. The SMILES string of the molecule is CCCNC(Cc1cnn(C)c1)C(F)F. The van der Waals surface area contributed by atoms with Crippen LogP contribution in [0.1, 0.15) is 18.9 Å². The maximum atomic E-state index is 12.6. The summed E-state index contributed by atoms with van der Waals surface area (Å²) in [4.78, 5) is 0. The number of rotatable bonds is 6. The molecule has 0 aliphatic carbocycles.